The number of nitrogens with zero attached hydrogens (tertiary/aromatic N) is 2. The number of amidine groups is 1. The van der Waals surface area contributed by atoms with Gasteiger partial charge in [-0.1, -0.05) is 109 Å². The zero-order valence-corrected chi connectivity index (χ0v) is 16.4. The molecular formula is C27H21N3. The van der Waals surface area contributed by atoms with Crippen LogP contribution in [0.4, 0.5) is 0 Å². The third-order valence-corrected chi connectivity index (χ3v) is 5.32. The van der Waals surface area contributed by atoms with Gasteiger partial charge >= 0.3 is 0 Å². The highest BCUT2D eigenvalue weighted by atomic mass is 15.2. The van der Waals surface area contributed by atoms with Crippen LogP contribution < -0.4 is 5.32 Å². The lowest BCUT2D eigenvalue weighted by Crippen LogP contribution is -2.36. The molecule has 3 heteroatoms. The van der Waals surface area contributed by atoms with Gasteiger partial charge in [-0.05, 0) is 17.2 Å². The van der Waals surface area contributed by atoms with E-state index in [1.54, 1.807) is 6.34 Å². The maximum Gasteiger partial charge on any atom is 0.205 e. The first-order valence-electron chi connectivity index (χ1n) is 10.0. The van der Waals surface area contributed by atoms with Crippen molar-refractivity contribution in [1.29, 1.82) is 0 Å². The Morgan fingerprint density at radius 1 is 0.533 bits per heavy atom. The second-order valence-electron chi connectivity index (χ2n) is 7.21. The topological polar surface area (TPSA) is 36.8 Å². The molecule has 0 bridgehead atoms. The van der Waals surface area contributed by atoms with Gasteiger partial charge < -0.3 is 5.32 Å². The normalized spacial score (nSPS) is 17.8. The van der Waals surface area contributed by atoms with Gasteiger partial charge in [0.25, 0.3) is 0 Å². The minimum Gasteiger partial charge on any atom is -0.331 e. The van der Waals surface area contributed by atoms with Gasteiger partial charge in [-0.3, -0.25) is 0 Å². The van der Waals surface area contributed by atoms with Gasteiger partial charge in [0, 0.05) is 16.7 Å². The number of hydrogen-bond donors (Lipinski definition) is 1. The molecule has 0 saturated carbocycles. The third kappa shape index (κ3) is 3.31. The van der Waals surface area contributed by atoms with Crippen LogP contribution in [-0.4, -0.2) is 12.2 Å². The molecule has 5 rings (SSSR count). The number of benzene rings is 4. The van der Waals surface area contributed by atoms with E-state index >= 15 is 0 Å². The van der Waals surface area contributed by atoms with Crippen LogP contribution in [0.25, 0.3) is 11.1 Å². The van der Waals surface area contributed by atoms with E-state index in [1.165, 1.54) is 5.56 Å². The fourth-order valence-electron chi connectivity index (χ4n) is 3.82. The van der Waals surface area contributed by atoms with Gasteiger partial charge in [0.2, 0.25) is 5.66 Å². The summed E-state index contributed by atoms with van der Waals surface area (Å²) in [5.41, 5.74) is 4.56. The van der Waals surface area contributed by atoms with Gasteiger partial charge in [0.05, 0.1) is 6.34 Å². The van der Waals surface area contributed by atoms with E-state index in [0.29, 0.717) is 0 Å². The first-order valence-corrected chi connectivity index (χ1v) is 10.0. The second-order valence-corrected chi connectivity index (χ2v) is 7.21. The Bertz CT molecular complexity index is 1200. The molecule has 4 aromatic rings. The predicted molar refractivity (Wildman–Crippen MR) is 124 cm³/mol. The third-order valence-electron chi connectivity index (χ3n) is 5.32. The SMILES string of the molecule is C1=NC(c2ccccc2)(c2cccc(-c3ccccc3)c2)N=C(c2ccccc2)N1. The molecular weight excluding hydrogens is 366 g/mol. The Balaban J connectivity index is 1.70. The van der Waals surface area contributed by atoms with Crippen molar-refractivity contribution in [3.63, 3.8) is 0 Å². The molecule has 0 fully saturated rings. The molecule has 0 radical (unpaired) electrons. The summed E-state index contributed by atoms with van der Waals surface area (Å²) in [7, 11) is 0. The fourth-order valence-corrected chi connectivity index (χ4v) is 3.82. The molecule has 1 aliphatic heterocycles. The number of aliphatic imine (C=N–C) groups is 2. The van der Waals surface area contributed by atoms with Crippen LogP contribution in [0.1, 0.15) is 16.7 Å². The number of nitrogens with one attached hydrogen (secondary N) is 1. The molecule has 0 amide bonds. The lowest BCUT2D eigenvalue weighted by atomic mass is 9.89. The van der Waals surface area contributed by atoms with Crippen molar-refractivity contribution in [3.8, 4) is 11.1 Å². The highest BCUT2D eigenvalue weighted by Crippen LogP contribution is 2.38. The molecule has 1 aliphatic rings. The summed E-state index contributed by atoms with van der Waals surface area (Å²) in [6.45, 7) is 0. The fraction of sp³-hybridized carbons (Fsp3) is 0.0370. The molecule has 1 atom stereocenters. The standard InChI is InChI=1S/C27H21N3/c1-4-11-21(12-5-1)23-15-10-18-25(19-23)27(24-16-8-3-9-17-24)29-20-28-26(30-27)22-13-6-2-7-14-22/h1-20H,(H,28,29,30). The summed E-state index contributed by atoms with van der Waals surface area (Å²) in [5.74, 6) is 0.805. The first kappa shape index (κ1) is 18.1. The number of rotatable bonds is 4. The average molecular weight is 387 g/mol. The van der Waals surface area contributed by atoms with Gasteiger partial charge in [0.15, 0.2) is 0 Å². The Labute approximate surface area is 176 Å². The zero-order chi connectivity index (χ0) is 20.2. The second kappa shape index (κ2) is 7.80. The maximum atomic E-state index is 5.17. The molecule has 1 unspecified atom stereocenters. The van der Waals surface area contributed by atoms with E-state index in [0.717, 1.165) is 28.1 Å². The summed E-state index contributed by atoms with van der Waals surface area (Å²) in [6.07, 6.45) is 1.76. The first-order chi connectivity index (χ1) is 14.9. The Kier molecular flexibility index (Phi) is 4.70. The lowest BCUT2D eigenvalue weighted by molar-refractivity contribution is 0.567. The van der Waals surface area contributed by atoms with Crippen molar-refractivity contribution < 1.29 is 0 Å². The molecule has 0 saturated heterocycles. The summed E-state index contributed by atoms with van der Waals surface area (Å²) in [5, 5.41) is 3.23. The lowest BCUT2D eigenvalue weighted by Gasteiger charge is -2.31. The van der Waals surface area contributed by atoms with E-state index < -0.39 is 5.66 Å². The molecule has 1 N–H and O–H groups in total. The average Bonchev–Trinajstić information content (AvgIpc) is 2.86. The van der Waals surface area contributed by atoms with Gasteiger partial charge in [0.1, 0.15) is 5.84 Å². The highest BCUT2D eigenvalue weighted by Gasteiger charge is 2.35. The van der Waals surface area contributed by atoms with Gasteiger partial charge in [-0.25, -0.2) is 9.98 Å². The smallest absolute Gasteiger partial charge is 0.205 e. The van der Waals surface area contributed by atoms with E-state index in [-0.39, 0.29) is 0 Å². The summed E-state index contributed by atoms with van der Waals surface area (Å²) >= 11 is 0. The van der Waals surface area contributed by atoms with Crippen molar-refractivity contribution in [2.24, 2.45) is 9.98 Å². The molecule has 3 nitrogen and oxygen atoms in total. The van der Waals surface area contributed by atoms with Crippen LogP contribution >= 0.6 is 0 Å². The maximum absolute atomic E-state index is 5.17. The minimum atomic E-state index is -0.845. The molecule has 144 valence electrons. The van der Waals surface area contributed by atoms with Crippen molar-refractivity contribution in [2.45, 2.75) is 5.66 Å². The van der Waals surface area contributed by atoms with Crippen LogP contribution in [0, 0.1) is 0 Å². The minimum absolute atomic E-state index is 0.805. The van der Waals surface area contributed by atoms with E-state index in [2.05, 4.69) is 78.1 Å². The molecule has 1 heterocycles. The van der Waals surface area contributed by atoms with E-state index in [9.17, 15) is 0 Å². The van der Waals surface area contributed by atoms with Crippen molar-refractivity contribution in [1.82, 2.24) is 5.32 Å². The Morgan fingerprint density at radius 3 is 1.80 bits per heavy atom. The number of hydrogen-bond acceptors (Lipinski definition) is 3. The summed E-state index contributed by atoms with van der Waals surface area (Å²) in [6, 6.07) is 39.3. The molecule has 4 aromatic carbocycles. The largest absolute Gasteiger partial charge is 0.331 e. The van der Waals surface area contributed by atoms with Crippen LogP contribution in [0.5, 0.6) is 0 Å². The van der Waals surface area contributed by atoms with Crippen LogP contribution in [0.2, 0.25) is 0 Å². The predicted octanol–water partition coefficient (Wildman–Crippen LogP) is 5.63. The van der Waals surface area contributed by atoms with E-state index in [4.69, 9.17) is 9.98 Å². The van der Waals surface area contributed by atoms with Crippen molar-refractivity contribution in [2.75, 3.05) is 0 Å². The highest BCUT2D eigenvalue weighted by molar-refractivity contribution is 6.06. The van der Waals surface area contributed by atoms with Crippen molar-refractivity contribution in [3.05, 3.63) is 132 Å². The molecule has 0 aromatic heterocycles. The Morgan fingerprint density at radius 2 is 1.10 bits per heavy atom. The molecule has 0 aliphatic carbocycles. The van der Waals surface area contributed by atoms with E-state index in [1.807, 2.05) is 42.5 Å². The molecule has 30 heavy (non-hydrogen) atoms. The molecule has 0 spiro atoms. The van der Waals surface area contributed by atoms with Crippen molar-refractivity contribution >= 4 is 12.2 Å². The summed E-state index contributed by atoms with van der Waals surface area (Å²) in [4.78, 5) is 10.1. The van der Waals surface area contributed by atoms with Gasteiger partial charge in [-0.2, -0.15) is 0 Å². The summed E-state index contributed by atoms with van der Waals surface area (Å²) < 4.78 is 0. The Hall–Kier alpha value is -3.98. The quantitative estimate of drug-likeness (QED) is 0.484. The zero-order valence-electron chi connectivity index (χ0n) is 16.4. The monoisotopic (exact) mass is 387 g/mol. The van der Waals surface area contributed by atoms with Crippen LogP contribution in [0.15, 0.2) is 125 Å². The van der Waals surface area contributed by atoms with Crippen LogP contribution in [0.3, 0.4) is 0 Å². The van der Waals surface area contributed by atoms with Gasteiger partial charge in [-0.15, -0.1) is 0 Å². The van der Waals surface area contributed by atoms with Crippen LogP contribution in [-0.2, 0) is 5.66 Å².